The summed E-state index contributed by atoms with van der Waals surface area (Å²) >= 11 is 3.56. The van der Waals surface area contributed by atoms with Crippen molar-refractivity contribution < 1.29 is 4.74 Å². The summed E-state index contributed by atoms with van der Waals surface area (Å²) in [5.74, 6) is 1.04. The van der Waals surface area contributed by atoms with E-state index in [0.717, 1.165) is 29.8 Å². The molecule has 0 saturated carbocycles. The number of nitrogens with one attached hydrogen (secondary N) is 1. The summed E-state index contributed by atoms with van der Waals surface area (Å²) < 4.78 is 6.70. The Balaban J connectivity index is 1.98. The van der Waals surface area contributed by atoms with Crippen molar-refractivity contribution in [3.05, 3.63) is 63.6 Å². The maximum Gasteiger partial charge on any atom is 0.122 e. The second kappa shape index (κ2) is 5.98. The lowest BCUT2D eigenvalue weighted by Gasteiger charge is -2.20. The summed E-state index contributed by atoms with van der Waals surface area (Å²) in [6, 6.07) is 15.3. The number of fused-ring (bicyclic) bond motifs is 1. The quantitative estimate of drug-likeness (QED) is 0.911. The molecule has 0 fully saturated rings. The van der Waals surface area contributed by atoms with Gasteiger partial charge in [-0.1, -0.05) is 47.1 Å². The highest BCUT2D eigenvalue weighted by atomic mass is 79.9. The zero-order chi connectivity index (χ0) is 13.9. The fourth-order valence-corrected chi connectivity index (χ4v) is 3.12. The molecule has 1 atom stereocenters. The van der Waals surface area contributed by atoms with Crippen molar-refractivity contribution in [2.45, 2.75) is 19.4 Å². The zero-order valence-corrected chi connectivity index (χ0v) is 13.1. The van der Waals surface area contributed by atoms with Crippen molar-refractivity contribution >= 4 is 15.9 Å². The smallest absolute Gasteiger partial charge is 0.122 e. The second-order valence-corrected chi connectivity index (χ2v) is 5.93. The molecule has 0 bridgehead atoms. The van der Waals surface area contributed by atoms with Crippen LogP contribution in [0.15, 0.2) is 46.9 Å². The van der Waals surface area contributed by atoms with E-state index in [0.29, 0.717) is 0 Å². The highest BCUT2D eigenvalue weighted by molar-refractivity contribution is 9.10. The molecule has 0 aromatic heterocycles. The predicted molar refractivity (Wildman–Crippen MR) is 85.3 cm³/mol. The van der Waals surface area contributed by atoms with Gasteiger partial charge >= 0.3 is 0 Å². The molecule has 1 unspecified atom stereocenters. The molecule has 3 heteroatoms. The Hall–Kier alpha value is -1.32. The Morgan fingerprint density at radius 3 is 2.85 bits per heavy atom. The molecule has 0 aliphatic carbocycles. The van der Waals surface area contributed by atoms with Gasteiger partial charge in [-0.3, -0.25) is 0 Å². The van der Waals surface area contributed by atoms with Crippen LogP contribution in [0.3, 0.4) is 0 Å². The van der Waals surface area contributed by atoms with Gasteiger partial charge < -0.3 is 10.1 Å². The number of hydrogen-bond acceptors (Lipinski definition) is 2. The Kier molecular flexibility index (Phi) is 4.08. The average molecular weight is 332 g/mol. The zero-order valence-electron chi connectivity index (χ0n) is 11.5. The van der Waals surface area contributed by atoms with Crippen molar-refractivity contribution in [3.63, 3.8) is 0 Å². The van der Waals surface area contributed by atoms with Crippen LogP contribution in [0.5, 0.6) is 5.75 Å². The standard InChI is InChI=1S/C17H18BrNO/c1-2-19-17(13-4-3-5-15(18)11-13)14-6-7-16-12(10-14)8-9-20-16/h3-7,10-11,17,19H,2,8-9H2,1H3. The van der Waals surface area contributed by atoms with Crippen molar-refractivity contribution in [1.29, 1.82) is 0 Å². The molecule has 0 saturated heterocycles. The van der Waals surface area contributed by atoms with Gasteiger partial charge in [0, 0.05) is 10.9 Å². The van der Waals surface area contributed by atoms with Crippen LogP contribution in [0.2, 0.25) is 0 Å². The number of hydrogen-bond donors (Lipinski definition) is 1. The Morgan fingerprint density at radius 1 is 1.20 bits per heavy atom. The molecule has 0 amide bonds. The van der Waals surface area contributed by atoms with E-state index in [-0.39, 0.29) is 6.04 Å². The molecular weight excluding hydrogens is 314 g/mol. The second-order valence-electron chi connectivity index (χ2n) is 5.01. The van der Waals surface area contributed by atoms with E-state index in [2.05, 4.69) is 70.6 Å². The Bertz CT molecular complexity index is 612. The van der Waals surface area contributed by atoms with Crippen LogP contribution >= 0.6 is 15.9 Å². The molecule has 1 N–H and O–H groups in total. The van der Waals surface area contributed by atoms with Crippen molar-refractivity contribution in [3.8, 4) is 5.75 Å². The van der Waals surface area contributed by atoms with Crippen LogP contribution in [0.4, 0.5) is 0 Å². The van der Waals surface area contributed by atoms with Crippen LogP contribution in [0.1, 0.15) is 29.7 Å². The van der Waals surface area contributed by atoms with E-state index in [4.69, 9.17) is 4.74 Å². The minimum atomic E-state index is 0.225. The van der Waals surface area contributed by atoms with Crippen molar-refractivity contribution in [2.24, 2.45) is 0 Å². The van der Waals surface area contributed by atoms with Crippen molar-refractivity contribution in [2.75, 3.05) is 13.2 Å². The van der Waals surface area contributed by atoms with E-state index in [9.17, 15) is 0 Å². The lowest BCUT2D eigenvalue weighted by atomic mass is 9.96. The number of ether oxygens (including phenoxy) is 1. The van der Waals surface area contributed by atoms with Gasteiger partial charge in [0.05, 0.1) is 12.6 Å². The Labute approximate surface area is 128 Å². The SMILES string of the molecule is CCNC(c1cccc(Br)c1)c1ccc2c(c1)CCO2. The summed E-state index contributed by atoms with van der Waals surface area (Å²) in [6.45, 7) is 3.88. The first-order chi connectivity index (χ1) is 9.78. The summed E-state index contributed by atoms with van der Waals surface area (Å²) in [5, 5.41) is 3.57. The van der Waals surface area contributed by atoms with Gasteiger partial charge in [0.2, 0.25) is 0 Å². The fraction of sp³-hybridized carbons (Fsp3) is 0.294. The maximum absolute atomic E-state index is 5.59. The summed E-state index contributed by atoms with van der Waals surface area (Å²) in [6.07, 6.45) is 1.01. The minimum absolute atomic E-state index is 0.225. The fourth-order valence-electron chi connectivity index (χ4n) is 2.70. The monoisotopic (exact) mass is 331 g/mol. The number of halogens is 1. The van der Waals surface area contributed by atoms with Crippen LogP contribution in [0, 0.1) is 0 Å². The molecule has 1 aliphatic heterocycles. The van der Waals surface area contributed by atoms with Crippen LogP contribution < -0.4 is 10.1 Å². The minimum Gasteiger partial charge on any atom is -0.493 e. The van der Waals surface area contributed by atoms with E-state index >= 15 is 0 Å². The van der Waals surface area contributed by atoms with Gasteiger partial charge in [-0.2, -0.15) is 0 Å². The first-order valence-electron chi connectivity index (χ1n) is 7.02. The first kappa shape index (κ1) is 13.7. The van der Waals surface area contributed by atoms with Crippen molar-refractivity contribution in [1.82, 2.24) is 5.32 Å². The summed E-state index contributed by atoms with van der Waals surface area (Å²) in [7, 11) is 0. The first-order valence-corrected chi connectivity index (χ1v) is 7.81. The molecule has 1 heterocycles. The molecule has 3 rings (SSSR count). The third kappa shape index (κ3) is 2.74. The van der Waals surface area contributed by atoms with Crippen LogP contribution in [-0.4, -0.2) is 13.2 Å². The van der Waals surface area contributed by atoms with E-state index < -0.39 is 0 Å². The molecule has 2 nitrogen and oxygen atoms in total. The number of benzene rings is 2. The highest BCUT2D eigenvalue weighted by Gasteiger charge is 2.17. The van der Waals surface area contributed by atoms with Gasteiger partial charge in [0.15, 0.2) is 0 Å². The van der Waals surface area contributed by atoms with Gasteiger partial charge in [0.1, 0.15) is 5.75 Å². The maximum atomic E-state index is 5.59. The molecule has 2 aromatic carbocycles. The normalized spacial score (nSPS) is 14.7. The molecule has 0 spiro atoms. The van der Waals surface area contributed by atoms with Gasteiger partial charge in [-0.05, 0) is 41.4 Å². The van der Waals surface area contributed by atoms with Crippen LogP contribution in [0.25, 0.3) is 0 Å². The lowest BCUT2D eigenvalue weighted by molar-refractivity contribution is 0.357. The average Bonchev–Trinajstić information content (AvgIpc) is 2.92. The molecule has 20 heavy (non-hydrogen) atoms. The van der Waals surface area contributed by atoms with Gasteiger partial charge in [-0.15, -0.1) is 0 Å². The molecular formula is C17H18BrNO. The van der Waals surface area contributed by atoms with E-state index in [1.807, 2.05) is 0 Å². The third-order valence-corrected chi connectivity index (χ3v) is 4.13. The third-order valence-electron chi connectivity index (χ3n) is 3.64. The molecule has 104 valence electrons. The number of rotatable bonds is 4. The molecule has 1 aliphatic rings. The lowest BCUT2D eigenvalue weighted by Crippen LogP contribution is -2.22. The Morgan fingerprint density at radius 2 is 2.05 bits per heavy atom. The largest absolute Gasteiger partial charge is 0.493 e. The topological polar surface area (TPSA) is 21.3 Å². The predicted octanol–water partition coefficient (Wildman–Crippen LogP) is 4.08. The van der Waals surface area contributed by atoms with E-state index in [1.165, 1.54) is 16.7 Å². The van der Waals surface area contributed by atoms with E-state index in [1.54, 1.807) is 0 Å². The highest BCUT2D eigenvalue weighted by Crippen LogP contribution is 2.31. The summed E-state index contributed by atoms with van der Waals surface area (Å²) in [5.41, 5.74) is 3.90. The van der Waals surface area contributed by atoms with Gasteiger partial charge in [-0.25, -0.2) is 0 Å². The van der Waals surface area contributed by atoms with Gasteiger partial charge in [0.25, 0.3) is 0 Å². The summed E-state index contributed by atoms with van der Waals surface area (Å²) in [4.78, 5) is 0. The molecule has 2 aromatic rings. The molecule has 0 radical (unpaired) electrons. The van der Waals surface area contributed by atoms with Crippen LogP contribution in [-0.2, 0) is 6.42 Å².